The molecule has 0 aliphatic rings. The SMILES string of the molecule is N#Cc1c(Cl)cccc1Oc1ccc(S(=O)(=O)Nc2ccc(F)cc2F)cc1. The summed E-state index contributed by atoms with van der Waals surface area (Å²) >= 11 is 5.94. The van der Waals surface area contributed by atoms with E-state index in [1.807, 2.05) is 6.07 Å². The van der Waals surface area contributed by atoms with Gasteiger partial charge in [0.25, 0.3) is 10.0 Å². The third-order valence-corrected chi connectivity index (χ3v) is 5.32. The van der Waals surface area contributed by atoms with Crippen LogP contribution in [0.25, 0.3) is 0 Å². The predicted octanol–water partition coefficient (Wildman–Crippen LogP) is 5.08. The zero-order chi connectivity index (χ0) is 20.3. The molecule has 0 atom stereocenters. The summed E-state index contributed by atoms with van der Waals surface area (Å²) in [6.07, 6.45) is 0. The van der Waals surface area contributed by atoms with Gasteiger partial charge in [0, 0.05) is 6.07 Å². The van der Waals surface area contributed by atoms with E-state index in [9.17, 15) is 17.2 Å². The number of benzene rings is 3. The molecule has 28 heavy (non-hydrogen) atoms. The van der Waals surface area contributed by atoms with Gasteiger partial charge in [0.1, 0.15) is 34.8 Å². The predicted molar refractivity (Wildman–Crippen MR) is 99.8 cm³/mol. The fourth-order valence-electron chi connectivity index (χ4n) is 2.29. The lowest BCUT2D eigenvalue weighted by atomic mass is 10.2. The molecule has 9 heteroatoms. The van der Waals surface area contributed by atoms with Gasteiger partial charge in [0.05, 0.1) is 15.6 Å². The second kappa shape index (κ2) is 7.84. The molecule has 0 amide bonds. The average molecular weight is 421 g/mol. The molecule has 0 spiro atoms. The second-order valence-corrected chi connectivity index (χ2v) is 7.62. The lowest BCUT2D eigenvalue weighted by Gasteiger charge is -2.11. The average Bonchev–Trinajstić information content (AvgIpc) is 2.65. The number of sulfonamides is 1. The number of nitrogens with one attached hydrogen (secondary N) is 1. The molecule has 0 fully saturated rings. The Hall–Kier alpha value is -3.15. The van der Waals surface area contributed by atoms with Crippen molar-refractivity contribution in [2.75, 3.05) is 4.72 Å². The Kier molecular flexibility index (Phi) is 5.49. The fraction of sp³-hybridized carbons (Fsp3) is 0. The van der Waals surface area contributed by atoms with Crippen LogP contribution in [0.3, 0.4) is 0 Å². The van der Waals surface area contributed by atoms with Gasteiger partial charge in [0.15, 0.2) is 0 Å². The maximum Gasteiger partial charge on any atom is 0.261 e. The second-order valence-electron chi connectivity index (χ2n) is 5.53. The molecule has 0 radical (unpaired) electrons. The van der Waals surface area contributed by atoms with Gasteiger partial charge in [-0.1, -0.05) is 17.7 Å². The molecule has 0 unspecified atom stereocenters. The third kappa shape index (κ3) is 4.22. The van der Waals surface area contributed by atoms with E-state index in [0.29, 0.717) is 6.07 Å². The number of ether oxygens (including phenoxy) is 1. The van der Waals surface area contributed by atoms with Gasteiger partial charge < -0.3 is 4.74 Å². The number of nitrogens with zero attached hydrogens (tertiary/aromatic N) is 1. The monoisotopic (exact) mass is 420 g/mol. The molecular formula is C19H11ClF2N2O3S. The minimum atomic E-state index is -4.10. The summed E-state index contributed by atoms with van der Waals surface area (Å²) in [5, 5.41) is 9.38. The van der Waals surface area contributed by atoms with Crippen LogP contribution in [-0.2, 0) is 10.0 Å². The molecule has 3 aromatic rings. The lowest BCUT2D eigenvalue weighted by molar-refractivity contribution is 0.480. The highest BCUT2D eigenvalue weighted by Crippen LogP contribution is 2.30. The topological polar surface area (TPSA) is 79.2 Å². The lowest BCUT2D eigenvalue weighted by Crippen LogP contribution is -2.14. The van der Waals surface area contributed by atoms with Crippen LogP contribution in [0, 0.1) is 23.0 Å². The number of hydrogen-bond donors (Lipinski definition) is 1. The van der Waals surface area contributed by atoms with Crippen LogP contribution in [0.1, 0.15) is 5.56 Å². The Morgan fingerprint density at radius 2 is 1.75 bits per heavy atom. The van der Waals surface area contributed by atoms with Crippen molar-refractivity contribution in [1.29, 1.82) is 5.26 Å². The van der Waals surface area contributed by atoms with Gasteiger partial charge in [-0.05, 0) is 48.5 Å². The Labute approximate surface area is 164 Å². The van der Waals surface area contributed by atoms with E-state index in [1.54, 1.807) is 18.2 Å². The van der Waals surface area contributed by atoms with Crippen LogP contribution in [0.5, 0.6) is 11.5 Å². The van der Waals surface area contributed by atoms with E-state index in [0.717, 1.165) is 12.1 Å². The summed E-state index contributed by atoms with van der Waals surface area (Å²) in [7, 11) is -4.10. The molecule has 1 N–H and O–H groups in total. The number of halogens is 3. The molecule has 0 saturated carbocycles. The molecule has 0 heterocycles. The van der Waals surface area contributed by atoms with E-state index < -0.39 is 21.7 Å². The van der Waals surface area contributed by atoms with Crippen molar-refractivity contribution >= 4 is 27.3 Å². The standard InChI is InChI=1S/C19H11ClF2N2O3S/c20-16-2-1-3-19(15(16)11-23)27-13-5-7-14(8-6-13)28(25,26)24-18-9-4-12(21)10-17(18)22/h1-10,24H. The summed E-state index contributed by atoms with van der Waals surface area (Å²) in [6.45, 7) is 0. The van der Waals surface area contributed by atoms with Gasteiger partial charge in [-0.2, -0.15) is 5.26 Å². The largest absolute Gasteiger partial charge is 0.456 e. The molecule has 0 aliphatic heterocycles. The zero-order valence-corrected chi connectivity index (χ0v) is 15.6. The minimum absolute atomic E-state index is 0.148. The summed E-state index contributed by atoms with van der Waals surface area (Å²) in [4.78, 5) is -0.157. The zero-order valence-electron chi connectivity index (χ0n) is 14.0. The first kappa shape index (κ1) is 19.6. The first-order chi connectivity index (χ1) is 13.3. The van der Waals surface area contributed by atoms with Crippen molar-refractivity contribution in [2.24, 2.45) is 0 Å². The summed E-state index contributed by atoms with van der Waals surface area (Å²) in [6, 6.07) is 14.4. The first-order valence-electron chi connectivity index (χ1n) is 7.74. The molecule has 0 aromatic heterocycles. The number of anilines is 1. The van der Waals surface area contributed by atoms with Gasteiger partial charge in [-0.25, -0.2) is 17.2 Å². The maximum atomic E-state index is 13.7. The van der Waals surface area contributed by atoms with E-state index in [2.05, 4.69) is 4.72 Å². The first-order valence-corrected chi connectivity index (χ1v) is 9.60. The molecule has 0 saturated heterocycles. The Bertz CT molecular complexity index is 1180. The van der Waals surface area contributed by atoms with Gasteiger partial charge in [-0.3, -0.25) is 4.72 Å². The number of rotatable bonds is 5. The van der Waals surface area contributed by atoms with Crippen molar-refractivity contribution in [3.8, 4) is 17.6 Å². The summed E-state index contributed by atoms with van der Waals surface area (Å²) < 4.78 is 59.0. The molecule has 142 valence electrons. The van der Waals surface area contributed by atoms with Crippen molar-refractivity contribution in [3.05, 3.63) is 82.9 Å². The quantitative estimate of drug-likeness (QED) is 0.624. The van der Waals surface area contributed by atoms with Crippen molar-refractivity contribution in [3.63, 3.8) is 0 Å². The highest BCUT2D eigenvalue weighted by molar-refractivity contribution is 7.92. The van der Waals surface area contributed by atoms with E-state index >= 15 is 0 Å². The van der Waals surface area contributed by atoms with Crippen molar-refractivity contribution in [1.82, 2.24) is 0 Å². The Morgan fingerprint density at radius 3 is 2.39 bits per heavy atom. The molecule has 0 aliphatic carbocycles. The number of nitriles is 1. The van der Waals surface area contributed by atoms with Gasteiger partial charge in [-0.15, -0.1) is 0 Å². The van der Waals surface area contributed by atoms with Crippen LogP contribution in [-0.4, -0.2) is 8.42 Å². The van der Waals surface area contributed by atoms with Crippen molar-refractivity contribution < 1.29 is 21.9 Å². The highest BCUT2D eigenvalue weighted by atomic mass is 35.5. The van der Waals surface area contributed by atoms with Crippen LogP contribution in [0.15, 0.2) is 65.6 Å². The van der Waals surface area contributed by atoms with Crippen LogP contribution >= 0.6 is 11.6 Å². The third-order valence-electron chi connectivity index (χ3n) is 3.62. The van der Waals surface area contributed by atoms with Crippen LogP contribution < -0.4 is 9.46 Å². The minimum Gasteiger partial charge on any atom is -0.456 e. The van der Waals surface area contributed by atoms with E-state index in [1.165, 1.54) is 24.3 Å². The molecule has 3 rings (SSSR count). The summed E-state index contributed by atoms with van der Waals surface area (Å²) in [5.41, 5.74) is -0.228. The van der Waals surface area contributed by atoms with Gasteiger partial charge in [0.2, 0.25) is 0 Å². The van der Waals surface area contributed by atoms with E-state index in [4.69, 9.17) is 21.6 Å². The maximum absolute atomic E-state index is 13.7. The Balaban J connectivity index is 1.82. The van der Waals surface area contributed by atoms with Crippen LogP contribution in [0.4, 0.5) is 14.5 Å². The summed E-state index contributed by atoms with van der Waals surface area (Å²) in [5.74, 6) is -1.36. The van der Waals surface area contributed by atoms with E-state index in [-0.39, 0.29) is 32.7 Å². The highest BCUT2D eigenvalue weighted by Gasteiger charge is 2.17. The van der Waals surface area contributed by atoms with Gasteiger partial charge >= 0.3 is 0 Å². The molecule has 3 aromatic carbocycles. The normalized spacial score (nSPS) is 10.9. The molecule has 0 bridgehead atoms. The fourth-order valence-corrected chi connectivity index (χ4v) is 3.56. The smallest absolute Gasteiger partial charge is 0.261 e. The Morgan fingerprint density at radius 1 is 1.04 bits per heavy atom. The van der Waals surface area contributed by atoms with Crippen LogP contribution in [0.2, 0.25) is 5.02 Å². The molecular weight excluding hydrogens is 410 g/mol. The molecule has 5 nitrogen and oxygen atoms in total. The van der Waals surface area contributed by atoms with Crippen molar-refractivity contribution in [2.45, 2.75) is 4.90 Å². The number of hydrogen-bond acceptors (Lipinski definition) is 4.